The molecular formula is C14H24N2O10P2S. The summed E-state index contributed by atoms with van der Waals surface area (Å²) in [6.07, 6.45) is -3.82. The number of aromatic amines is 1. The van der Waals surface area contributed by atoms with Gasteiger partial charge in [-0.05, 0) is 25.7 Å². The molecule has 166 valence electrons. The minimum absolute atomic E-state index is 0.187. The molecule has 0 bridgehead atoms. The van der Waals surface area contributed by atoms with Crippen LogP contribution < -0.4 is 11.2 Å². The van der Waals surface area contributed by atoms with Crippen molar-refractivity contribution >= 4 is 26.6 Å². The molecule has 2 rings (SSSR count). The van der Waals surface area contributed by atoms with Crippen LogP contribution in [0.15, 0.2) is 21.9 Å². The zero-order chi connectivity index (χ0) is 21.8. The lowest BCUT2D eigenvalue weighted by molar-refractivity contribution is -0.165. The highest BCUT2D eigenvalue weighted by atomic mass is 32.4. The molecule has 0 aromatic carbocycles. The van der Waals surface area contributed by atoms with E-state index in [9.17, 15) is 19.0 Å². The lowest BCUT2D eigenvalue weighted by atomic mass is 10.2. The Balaban J connectivity index is 2.32. The first-order chi connectivity index (χ1) is 13.6. The fourth-order valence-corrected chi connectivity index (χ4v) is 4.78. The van der Waals surface area contributed by atoms with Crippen molar-refractivity contribution in [1.29, 1.82) is 0 Å². The zero-order valence-electron chi connectivity index (χ0n) is 16.2. The third kappa shape index (κ3) is 6.63. The van der Waals surface area contributed by atoms with E-state index in [1.165, 1.54) is 13.3 Å². The summed E-state index contributed by atoms with van der Waals surface area (Å²) in [6.45, 7) is 3.58. The summed E-state index contributed by atoms with van der Waals surface area (Å²) < 4.78 is 45.1. The second-order valence-corrected chi connectivity index (χ2v) is 10.1. The number of ether oxygens (including phenoxy) is 3. The summed E-state index contributed by atoms with van der Waals surface area (Å²) >= 11 is 5.23. The molecule has 1 fully saturated rings. The van der Waals surface area contributed by atoms with Gasteiger partial charge in [0.25, 0.3) is 5.56 Å². The van der Waals surface area contributed by atoms with E-state index in [1.807, 2.05) is 0 Å². The number of methoxy groups -OCH3 is 1. The Labute approximate surface area is 172 Å². The predicted octanol–water partition coefficient (Wildman–Crippen LogP) is 0.529. The molecule has 29 heavy (non-hydrogen) atoms. The molecule has 1 aromatic heterocycles. The zero-order valence-corrected chi connectivity index (χ0v) is 18.9. The summed E-state index contributed by atoms with van der Waals surface area (Å²) in [7, 11) is -3.77. The van der Waals surface area contributed by atoms with E-state index in [0.717, 1.165) is 17.7 Å². The number of H-pyrrole nitrogens is 1. The number of nitrogens with zero attached hydrogens (tertiary/aromatic N) is 1. The van der Waals surface area contributed by atoms with Crippen LogP contribution in [0, 0.1) is 0 Å². The van der Waals surface area contributed by atoms with Crippen molar-refractivity contribution < 1.29 is 37.2 Å². The van der Waals surface area contributed by atoms with Crippen molar-refractivity contribution in [3.05, 3.63) is 33.1 Å². The van der Waals surface area contributed by atoms with Crippen LogP contribution in [0.3, 0.4) is 0 Å². The van der Waals surface area contributed by atoms with E-state index in [1.54, 1.807) is 13.8 Å². The van der Waals surface area contributed by atoms with Crippen LogP contribution in [0.4, 0.5) is 0 Å². The van der Waals surface area contributed by atoms with Gasteiger partial charge in [0.05, 0.1) is 6.10 Å². The number of nitrogens with one attached hydrogen (secondary N) is 1. The van der Waals surface area contributed by atoms with Gasteiger partial charge in [-0.2, -0.15) is 0 Å². The Hall–Kier alpha value is -0.720. The minimum atomic E-state index is -4.01. The molecule has 2 N–H and O–H groups in total. The molecule has 1 aliphatic rings. The number of hydrogen-bond donors (Lipinski definition) is 2. The maximum atomic E-state index is 12.2. The molecule has 0 spiro atoms. The summed E-state index contributed by atoms with van der Waals surface area (Å²) in [4.78, 5) is 35.2. The van der Waals surface area contributed by atoms with E-state index in [2.05, 4.69) is 9.51 Å². The monoisotopic (exact) mass is 474 g/mol. The normalized spacial score (nSPS) is 27.8. The van der Waals surface area contributed by atoms with Gasteiger partial charge in [0, 0.05) is 26.5 Å². The van der Waals surface area contributed by atoms with E-state index < -0.39 is 57.1 Å². The van der Waals surface area contributed by atoms with Crippen LogP contribution in [0.25, 0.3) is 0 Å². The van der Waals surface area contributed by atoms with Crippen LogP contribution in [0.5, 0.6) is 0 Å². The van der Waals surface area contributed by atoms with Crippen LogP contribution >= 0.6 is 14.7 Å². The fraction of sp³-hybridized carbons (Fsp3) is 0.714. The highest BCUT2D eigenvalue weighted by Crippen LogP contribution is 2.44. The molecule has 1 aliphatic heterocycles. The van der Waals surface area contributed by atoms with Gasteiger partial charge in [-0.25, -0.2) is 4.79 Å². The lowest BCUT2D eigenvalue weighted by Crippen LogP contribution is -2.39. The first kappa shape index (κ1) is 24.5. The number of aromatic nitrogens is 2. The Morgan fingerprint density at radius 1 is 1.38 bits per heavy atom. The average molecular weight is 474 g/mol. The van der Waals surface area contributed by atoms with Gasteiger partial charge < -0.3 is 32.7 Å². The maximum absolute atomic E-state index is 12.2. The summed E-state index contributed by atoms with van der Waals surface area (Å²) in [6, 6.07) is 1.14. The molecule has 12 nitrogen and oxygen atoms in total. The summed E-state index contributed by atoms with van der Waals surface area (Å²) in [5.41, 5.74) is -1.32. The SMILES string of the molecule is COC1[C@H](n2ccc(=O)[nH]c2=O)O[C@H](OCP(=O)(O)OC)[C@H]1O[PH](=S)OC(C)C. The first-order valence-corrected chi connectivity index (χ1v) is 12.7. The molecule has 0 saturated carbocycles. The maximum Gasteiger partial charge on any atom is 0.353 e. The third-order valence-electron chi connectivity index (χ3n) is 3.80. The van der Waals surface area contributed by atoms with Crippen LogP contribution in [0.1, 0.15) is 20.1 Å². The molecule has 6 atom stereocenters. The molecular weight excluding hydrogens is 450 g/mol. The van der Waals surface area contributed by atoms with Gasteiger partial charge in [-0.3, -0.25) is 18.9 Å². The Bertz CT molecular complexity index is 874. The van der Waals surface area contributed by atoms with Gasteiger partial charge in [-0.1, -0.05) is 0 Å². The molecule has 1 saturated heterocycles. The minimum Gasteiger partial charge on any atom is -0.374 e. The topological polar surface area (TPSA) is 148 Å². The van der Waals surface area contributed by atoms with Gasteiger partial charge >= 0.3 is 13.3 Å². The molecule has 3 unspecified atom stereocenters. The second-order valence-electron chi connectivity index (χ2n) is 6.23. The average Bonchev–Trinajstić information content (AvgIpc) is 2.96. The van der Waals surface area contributed by atoms with E-state index >= 15 is 0 Å². The number of rotatable bonds is 10. The van der Waals surface area contributed by atoms with Crippen LogP contribution in [0.2, 0.25) is 0 Å². The molecule has 0 aliphatic carbocycles. The molecule has 2 heterocycles. The van der Waals surface area contributed by atoms with Crippen molar-refractivity contribution in [3.63, 3.8) is 0 Å². The molecule has 0 radical (unpaired) electrons. The molecule has 15 heteroatoms. The Morgan fingerprint density at radius 2 is 2.07 bits per heavy atom. The quantitative estimate of drug-likeness (QED) is 0.458. The fourth-order valence-electron chi connectivity index (χ4n) is 2.52. The molecule has 1 aromatic rings. The first-order valence-electron chi connectivity index (χ1n) is 8.44. The standard InChI is InChI=1S/C14H24N2O10P2S/c1-8(2)25-27(29)26-11-10(21-3)12(16-6-5-9(17)15-14(16)18)24-13(11)23-7-28(19,20)22-4/h5-6,8,10-13,27H,7H2,1-4H3,(H,19,20)(H,15,17,18)/t10?,11-,12+,13-/m0/s1. The van der Waals surface area contributed by atoms with Gasteiger partial charge in [0.1, 0.15) is 12.2 Å². The van der Waals surface area contributed by atoms with Gasteiger partial charge in [0.15, 0.2) is 26.0 Å². The number of hydrogen-bond acceptors (Lipinski definition) is 10. The van der Waals surface area contributed by atoms with Crippen molar-refractivity contribution in [3.8, 4) is 0 Å². The third-order valence-corrected chi connectivity index (χ3v) is 6.55. The van der Waals surface area contributed by atoms with E-state index in [-0.39, 0.29) is 6.10 Å². The molecule has 0 amide bonds. The smallest absolute Gasteiger partial charge is 0.353 e. The second kappa shape index (κ2) is 10.5. The van der Waals surface area contributed by atoms with Gasteiger partial charge in [-0.15, -0.1) is 0 Å². The predicted molar refractivity (Wildman–Crippen MR) is 106 cm³/mol. The lowest BCUT2D eigenvalue weighted by Gasteiger charge is -2.24. The Morgan fingerprint density at radius 3 is 2.62 bits per heavy atom. The van der Waals surface area contributed by atoms with Crippen LogP contribution in [-0.2, 0) is 44.2 Å². The van der Waals surface area contributed by atoms with E-state index in [4.69, 9.17) is 35.1 Å². The largest absolute Gasteiger partial charge is 0.374 e. The van der Waals surface area contributed by atoms with Crippen LogP contribution in [-0.4, -0.2) is 59.6 Å². The van der Waals surface area contributed by atoms with Crippen molar-refractivity contribution in [2.24, 2.45) is 0 Å². The summed E-state index contributed by atoms with van der Waals surface area (Å²) in [5, 5.41) is 0. The van der Waals surface area contributed by atoms with Crippen molar-refractivity contribution in [1.82, 2.24) is 9.55 Å². The summed E-state index contributed by atoms with van der Waals surface area (Å²) in [5.74, 6) is 0. The Kier molecular flexibility index (Phi) is 8.92. The van der Waals surface area contributed by atoms with Crippen molar-refractivity contribution in [2.75, 3.05) is 20.6 Å². The highest BCUT2D eigenvalue weighted by molar-refractivity contribution is 8.00. The van der Waals surface area contributed by atoms with E-state index in [0.29, 0.717) is 0 Å². The van der Waals surface area contributed by atoms with Gasteiger partial charge in [0.2, 0.25) is 0 Å². The highest BCUT2D eigenvalue weighted by Gasteiger charge is 2.49. The van der Waals surface area contributed by atoms with Crippen molar-refractivity contribution in [2.45, 2.75) is 44.7 Å².